The number of anilines is 1. The van der Waals surface area contributed by atoms with Crippen molar-refractivity contribution in [3.8, 4) is 0 Å². The fraction of sp³-hybridized carbons (Fsp3) is 0.188. The average molecular weight is 267 g/mol. The van der Waals surface area contributed by atoms with Crippen molar-refractivity contribution in [3.63, 3.8) is 0 Å². The molecular weight excluding hydrogens is 250 g/mol. The van der Waals surface area contributed by atoms with Gasteiger partial charge in [0, 0.05) is 6.54 Å². The van der Waals surface area contributed by atoms with Crippen LogP contribution in [0.5, 0.6) is 0 Å². The molecule has 4 heteroatoms. The summed E-state index contributed by atoms with van der Waals surface area (Å²) in [6.45, 7) is 2.42. The Bertz CT molecular complexity index is 687. The maximum atomic E-state index is 10.2. The Morgan fingerprint density at radius 1 is 1.15 bits per heavy atom. The number of benzene rings is 2. The van der Waals surface area contributed by atoms with Gasteiger partial charge in [-0.1, -0.05) is 36.4 Å². The van der Waals surface area contributed by atoms with Crippen LogP contribution in [0, 0.1) is 6.92 Å². The summed E-state index contributed by atoms with van der Waals surface area (Å²) >= 11 is 0. The molecule has 4 nitrogen and oxygen atoms in total. The van der Waals surface area contributed by atoms with E-state index in [-0.39, 0.29) is 0 Å². The Kier molecular flexibility index (Phi) is 3.39. The van der Waals surface area contributed by atoms with E-state index in [9.17, 15) is 5.11 Å². The van der Waals surface area contributed by atoms with Crippen LogP contribution in [0.3, 0.4) is 0 Å². The summed E-state index contributed by atoms with van der Waals surface area (Å²) in [7, 11) is 0. The van der Waals surface area contributed by atoms with E-state index in [2.05, 4.69) is 15.3 Å². The number of hydrogen-bond acceptors (Lipinski definition) is 3. The van der Waals surface area contributed by atoms with Crippen molar-refractivity contribution in [1.82, 2.24) is 9.97 Å². The topological polar surface area (TPSA) is 60.9 Å². The van der Waals surface area contributed by atoms with Gasteiger partial charge in [0.15, 0.2) is 0 Å². The van der Waals surface area contributed by atoms with E-state index in [4.69, 9.17) is 0 Å². The van der Waals surface area contributed by atoms with Gasteiger partial charge in [-0.3, -0.25) is 0 Å². The molecule has 0 spiro atoms. The van der Waals surface area contributed by atoms with Crippen LogP contribution in [0.4, 0.5) is 5.95 Å². The first kappa shape index (κ1) is 12.7. The molecule has 0 fully saturated rings. The first-order valence-electron chi connectivity index (χ1n) is 6.66. The molecule has 1 unspecified atom stereocenters. The fourth-order valence-corrected chi connectivity index (χ4v) is 2.30. The smallest absolute Gasteiger partial charge is 0.201 e. The Hall–Kier alpha value is -2.33. The summed E-state index contributed by atoms with van der Waals surface area (Å²) < 4.78 is 0. The summed E-state index contributed by atoms with van der Waals surface area (Å²) in [6, 6.07) is 15.7. The standard InChI is InChI=1S/C16H17N3O/c1-11-6-2-3-7-12(11)15(20)10-17-16-18-13-8-4-5-9-14(13)19-16/h2-9,15,20H,10H2,1H3,(H2,17,18,19). The molecule has 20 heavy (non-hydrogen) atoms. The molecule has 3 aromatic rings. The Morgan fingerprint density at radius 3 is 2.70 bits per heavy atom. The molecule has 0 saturated heterocycles. The summed E-state index contributed by atoms with van der Waals surface area (Å²) in [6.07, 6.45) is -0.551. The summed E-state index contributed by atoms with van der Waals surface area (Å²) in [5.74, 6) is 0.679. The monoisotopic (exact) mass is 267 g/mol. The van der Waals surface area contributed by atoms with Crippen LogP contribution in [0.15, 0.2) is 48.5 Å². The van der Waals surface area contributed by atoms with Gasteiger partial charge in [-0.05, 0) is 30.2 Å². The largest absolute Gasteiger partial charge is 0.387 e. The van der Waals surface area contributed by atoms with Gasteiger partial charge in [0.1, 0.15) is 0 Å². The number of aliphatic hydroxyl groups is 1. The first-order chi connectivity index (χ1) is 9.74. The van der Waals surface area contributed by atoms with Crippen molar-refractivity contribution in [1.29, 1.82) is 0 Å². The van der Waals surface area contributed by atoms with E-state index in [1.165, 1.54) is 0 Å². The van der Waals surface area contributed by atoms with Gasteiger partial charge in [0.25, 0.3) is 0 Å². The molecule has 0 aliphatic rings. The molecule has 0 saturated carbocycles. The zero-order chi connectivity index (χ0) is 13.9. The summed E-state index contributed by atoms with van der Waals surface area (Å²) in [5.41, 5.74) is 3.93. The van der Waals surface area contributed by atoms with Crippen molar-refractivity contribution in [2.45, 2.75) is 13.0 Å². The van der Waals surface area contributed by atoms with Crippen LogP contribution in [0.25, 0.3) is 11.0 Å². The van der Waals surface area contributed by atoms with Gasteiger partial charge in [0.05, 0.1) is 17.1 Å². The number of imidazole rings is 1. The highest BCUT2D eigenvalue weighted by atomic mass is 16.3. The highest BCUT2D eigenvalue weighted by molar-refractivity contribution is 5.77. The van der Waals surface area contributed by atoms with E-state index in [1.807, 2.05) is 55.5 Å². The van der Waals surface area contributed by atoms with Gasteiger partial charge in [0.2, 0.25) is 5.95 Å². The second kappa shape index (κ2) is 5.35. The minimum atomic E-state index is -0.551. The molecule has 102 valence electrons. The Balaban J connectivity index is 1.71. The number of aliphatic hydroxyl groups excluding tert-OH is 1. The molecule has 3 rings (SSSR count). The zero-order valence-electron chi connectivity index (χ0n) is 11.3. The lowest BCUT2D eigenvalue weighted by molar-refractivity contribution is 0.190. The lowest BCUT2D eigenvalue weighted by Gasteiger charge is -2.13. The highest BCUT2D eigenvalue weighted by Crippen LogP contribution is 2.18. The maximum absolute atomic E-state index is 10.2. The molecule has 1 heterocycles. The van der Waals surface area contributed by atoms with Crippen molar-refractivity contribution in [2.24, 2.45) is 0 Å². The molecule has 3 N–H and O–H groups in total. The van der Waals surface area contributed by atoms with Gasteiger partial charge in [-0.2, -0.15) is 0 Å². The van der Waals surface area contributed by atoms with E-state index in [0.717, 1.165) is 22.2 Å². The Morgan fingerprint density at radius 2 is 1.90 bits per heavy atom. The van der Waals surface area contributed by atoms with Crippen LogP contribution >= 0.6 is 0 Å². The van der Waals surface area contributed by atoms with Crippen LogP contribution in [0.2, 0.25) is 0 Å². The Labute approximate surface area is 117 Å². The van der Waals surface area contributed by atoms with E-state index < -0.39 is 6.10 Å². The first-order valence-corrected chi connectivity index (χ1v) is 6.66. The van der Waals surface area contributed by atoms with Gasteiger partial charge < -0.3 is 15.4 Å². The van der Waals surface area contributed by atoms with Crippen molar-refractivity contribution < 1.29 is 5.11 Å². The molecule has 0 bridgehead atoms. The summed E-state index contributed by atoms with van der Waals surface area (Å²) in [5, 5.41) is 13.4. The van der Waals surface area contributed by atoms with Gasteiger partial charge >= 0.3 is 0 Å². The minimum Gasteiger partial charge on any atom is -0.387 e. The van der Waals surface area contributed by atoms with Crippen LogP contribution < -0.4 is 5.32 Å². The number of aromatic nitrogens is 2. The molecule has 0 aliphatic carbocycles. The number of fused-ring (bicyclic) bond motifs is 1. The quantitative estimate of drug-likeness (QED) is 0.681. The van der Waals surface area contributed by atoms with E-state index in [1.54, 1.807) is 0 Å². The normalized spacial score (nSPS) is 12.5. The number of H-pyrrole nitrogens is 1. The lowest BCUT2D eigenvalue weighted by Crippen LogP contribution is -2.13. The second-order valence-corrected chi connectivity index (χ2v) is 4.86. The number of hydrogen-bond donors (Lipinski definition) is 3. The number of nitrogens with zero attached hydrogens (tertiary/aromatic N) is 1. The van der Waals surface area contributed by atoms with Crippen molar-refractivity contribution >= 4 is 17.0 Å². The van der Waals surface area contributed by atoms with Crippen molar-refractivity contribution in [2.75, 3.05) is 11.9 Å². The number of nitrogens with one attached hydrogen (secondary N) is 2. The molecule has 0 aliphatic heterocycles. The predicted octanol–water partition coefficient (Wildman–Crippen LogP) is 3.02. The highest BCUT2D eigenvalue weighted by Gasteiger charge is 2.10. The van der Waals surface area contributed by atoms with E-state index >= 15 is 0 Å². The van der Waals surface area contributed by atoms with Crippen LogP contribution in [0.1, 0.15) is 17.2 Å². The van der Waals surface area contributed by atoms with Crippen molar-refractivity contribution in [3.05, 3.63) is 59.7 Å². The predicted molar refractivity (Wildman–Crippen MR) is 80.7 cm³/mol. The average Bonchev–Trinajstić information content (AvgIpc) is 2.88. The number of aromatic amines is 1. The fourth-order valence-electron chi connectivity index (χ4n) is 2.30. The molecule has 2 aromatic carbocycles. The third kappa shape index (κ3) is 2.51. The molecule has 0 amide bonds. The van der Waals surface area contributed by atoms with Crippen LogP contribution in [-0.4, -0.2) is 21.6 Å². The molecule has 0 radical (unpaired) electrons. The third-order valence-corrected chi connectivity index (χ3v) is 3.40. The second-order valence-electron chi connectivity index (χ2n) is 4.86. The third-order valence-electron chi connectivity index (χ3n) is 3.40. The lowest BCUT2D eigenvalue weighted by atomic mass is 10.0. The number of rotatable bonds is 4. The number of aryl methyl sites for hydroxylation is 1. The van der Waals surface area contributed by atoms with Gasteiger partial charge in [-0.15, -0.1) is 0 Å². The summed E-state index contributed by atoms with van der Waals surface area (Å²) in [4.78, 5) is 7.61. The SMILES string of the molecule is Cc1ccccc1C(O)CNc1nc2ccccc2[nH]1. The minimum absolute atomic E-state index is 0.421. The number of para-hydroxylation sites is 2. The molecule has 1 aromatic heterocycles. The van der Waals surface area contributed by atoms with Crippen LogP contribution in [-0.2, 0) is 0 Å². The van der Waals surface area contributed by atoms with Gasteiger partial charge in [-0.25, -0.2) is 4.98 Å². The molecular formula is C16H17N3O. The zero-order valence-corrected chi connectivity index (χ0v) is 11.3. The molecule has 1 atom stereocenters. The maximum Gasteiger partial charge on any atom is 0.201 e. The van der Waals surface area contributed by atoms with E-state index in [0.29, 0.717) is 12.5 Å².